The molecular weight excluding hydrogens is 266 g/mol. The van der Waals surface area contributed by atoms with Gasteiger partial charge in [-0.2, -0.15) is 0 Å². The molecular formula is C16H23NO2Si. The molecule has 20 heavy (non-hydrogen) atoms. The SMILES string of the molecule is Cc1c(N)c(C)c(CC(=O)O)c(C)c1C#C[Si](C)(C)C. The summed E-state index contributed by atoms with van der Waals surface area (Å²) >= 11 is 0. The van der Waals surface area contributed by atoms with Crippen LogP contribution in [0.15, 0.2) is 0 Å². The molecule has 0 atom stereocenters. The number of carboxylic acid groups (broad SMARTS) is 1. The van der Waals surface area contributed by atoms with Crippen molar-refractivity contribution >= 4 is 19.7 Å². The molecule has 0 amide bonds. The van der Waals surface area contributed by atoms with E-state index in [1.54, 1.807) is 0 Å². The Morgan fingerprint density at radius 1 is 1.15 bits per heavy atom. The Bertz CT molecular complexity index is 616. The van der Waals surface area contributed by atoms with E-state index >= 15 is 0 Å². The maximum Gasteiger partial charge on any atom is 0.307 e. The van der Waals surface area contributed by atoms with Gasteiger partial charge in [-0.15, -0.1) is 5.54 Å². The number of hydrogen-bond donors (Lipinski definition) is 2. The quantitative estimate of drug-likeness (QED) is 0.500. The molecule has 3 nitrogen and oxygen atoms in total. The molecule has 0 heterocycles. The van der Waals surface area contributed by atoms with Gasteiger partial charge >= 0.3 is 5.97 Å². The lowest BCUT2D eigenvalue weighted by atomic mass is 9.90. The van der Waals surface area contributed by atoms with Crippen molar-refractivity contribution in [2.75, 3.05) is 5.73 Å². The number of hydrogen-bond acceptors (Lipinski definition) is 2. The van der Waals surface area contributed by atoms with Crippen LogP contribution in [0.3, 0.4) is 0 Å². The van der Waals surface area contributed by atoms with Gasteiger partial charge in [0.2, 0.25) is 0 Å². The van der Waals surface area contributed by atoms with E-state index in [1.165, 1.54) is 0 Å². The van der Waals surface area contributed by atoms with Gasteiger partial charge in [0.25, 0.3) is 0 Å². The largest absolute Gasteiger partial charge is 0.481 e. The zero-order valence-electron chi connectivity index (χ0n) is 13.1. The molecule has 108 valence electrons. The number of carbonyl (C=O) groups is 1. The number of aliphatic carboxylic acids is 1. The number of anilines is 1. The van der Waals surface area contributed by atoms with Crippen molar-refractivity contribution in [1.82, 2.24) is 0 Å². The van der Waals surface area contributed by atoms with Crippen LogP contribution in [0, 0.1) is 32.2 Å². The average Bonchev–Trinajstić information content (AvgIpc) is 2.30. The van der Waals surface area contributed by atoms with Crippen LogP contribution in [0.4, 0.5) is 5.69 Å². The van der Waals surface area contributed by atoms with E-state index < -0.39 is 14.0 Å². The predicted molar refractivity (Wildman–Crippen MR) is 86.6 cm³/mol. The van der Waals surface area contributed by atoms with Crippen LogP contribution in [0.25, 0.3) is 0 Å². The van der Waals surface area contributed by atoms with Crippen molar-refractivity contribution in [3.8, 4) is 11.5 Å². The van der Waals surface area contributed by atoms with Crippen LogP contribution < -0.4 is 5.73 Å². The van der Waals surface area contributed by atoms with E-state index in [0.29, 0.717) is 5.69 Å². The maximum atomic E-state index is 11.0. The highest BCUT2D eigenvalue weighted by Gasteiger charge is 2.17. The van der Waals surface area contributed by atoms with Gasteiger partial charge in [-0.1, -0.05) is 25.6 Å². The average molecular weight is 289 g/mol. The molecule has 0 unspecified atom stereocenters. The molecule has 4 heteroatoms. The first-order valence-electron chi connectivity index (χ1n) is 6.67. The van der Waals surface area contributed by atoms with Crippen LogP contribution in [0.1, 0.15) is 27.8 Å². The molecule has 0 aliphatic rings. The van der Waals surface area contributed by atoms with Crippen LogP contribution in [0.5, 0.6) is 0 Å². The van der Waals surface area contributed by atoms with Crippen molar-refractivity contribution in [2.45, 2.75) is 46.8 Å². The van der Waals surface area contributed by atoms with Gasteiger partial charge in [-0.3, -0.25) is 4.79 Å². The molecule has 0 fully saturated rings. The van der Waals surface area contributed by atoms with Crippen molar-refractivity contribution in [1.29, 1.82) is 0 Å². The van der Waals surface area contributed by atoms with Crippen LogP contribution in [-0.2, 0) is 11.2 Å². The highest BCUT2D eigenvalue weighted by Crippen LogP contribution is 2.29. The molecule has 0 saturated carbocycles. The molecule has 0 aliphatic carbocycles. The normalized spacial score (nSPS) is 10.9. The molecule has 1 aromatic rings. The Morgan fingerprint density at radius 3 is 2.15 bits per heavy atom. The Balaban J connectivity index is 3.56. The fourth-order valence-corrected chi connectivity index (χ4v) is 2.65. The second kappa shape index (κ2) is 5.72. The Hall–Kier alpha value is -1.73. The lowest BCUT2D eigenvalue weighted by Gasteiger charge is -2.17. The lowest BCUT2D eigenvalue weighted by molar-refractivity contribution is -0.136. The Morgan fingerprint density at radius 2 is 1.70 bits per heavy atom. The summed E-state index contributed by atoms with van der Waals surface area (Å²) < 4.78 is 0. The van der Waals surface area contributed by atoms with Crippen molar-refractivity contribution < 1.29 is 9.90 Å². The predicted octanol–water partition coefficient (Wildman–Crippen LogP) is 3.05. The highest BCUT2D eigenvalue weighted by molar-refractivity contribution is 6.83. The van der Waals surface area contributed by atoms with E-state index in [4.69, 9.17) is 10.8 Å². The molecule has 0 aliphatic heterocycles. The summed E-state index contributed by atoms with van der Waals surface area (Å²) in [4.78, 5) is 11.0. The van der Waals surface area contributed by atoms with Gasteiger partial charge in [0.15, 0.2) is 0 Å². The van der Waals surface area contributed by atoms with Crippen molar-refractivity contribution in [2.24, 2.45) is 0 Å². The molecule has 0 bridgehead atoms. The number of carboxylic acids is 1. The molecule has 0 saturated heterocycles. The van der Waals surface area contributed by atoms with E-state index in [-0.39, 0.29) is 6.42 Å². The van der Waals surface area contributed by atoms with Gasteiger partial charge in [-0.25, -0.2) is 0 Å². The van der Waals surface area contributed by atoms with E-state index in [0.717, 1.165) is 27.8 Å². The second-order valence-corrected chi connectivity index (χ2v) is 11.0. The molecule has 3 N–H and O–H groups in total. The van der Waals surface area contributed by atoms with Crippen LogP contribution in [-0.4, -0.2) is 19.1 Å². The summed E-state index contributed by atoms with van der Waals surface area (Å²) in [5, 5.41) is 9.06. The smallest absolute Gasteiger partial charge is 0.307 e. The lowest BCUT2D eigenvalue weighted by Crippen LogP contribution is -2.17. The third kappa shape index (κ3) is 3.64. The summed E-state index contributed by atoms with van der Waals surface area (Å²) in [6.07, 6.45) is -0.0101. The fraction of sp³-hybridized carbons (Fsp3) is 0.438. The van der Waals surface area contributed by atoms with Crippen molar-refractivity contribution in [3.05, 3.63) is 27.8 Å². The van der Waals surface area contributed by atoms with Crippen LogP contribution in [0.2, 0.25) is 19.6 Å². The minimum absolute atomic E-state index is 0.0101. The maximum absolute atomic E-state index is 11.0. The standard InChI is InChI=1S/C16H23NO2Si/c1-10-13(7-8-20(4,5)6)11(2)16(17)12(3)14(10)9-15(18)19/h9,17H2,1-6H3,(H,18,19). The van der Waals surface area contributed by atoms with Gasteiger partial charge in [-0.05, 0) is 43.0 Å². The number of nitrogens with two attached hydrogens (primary N) is 1. The van der Waals surface area contributed by atoms with E-state index in [9.17, 15) is 4.79 Å². The van der Waals surface area contributed by atoms with Gasteiger partial charge in [0.1, 0.15) is 8.07 Å². The third-order valence-corrected chi connectivity index (χ3v) is 4.23. The highest BCUT2D eigenvalue weighted by atomic mass is 28.3. The van der Waals surface area contributed by atoms with Crippen LogP contribution >= 0.6 is 0 Å². The van der Waals surface area contributed by atoms with Gasteiger partial charge < -0.3 is 10.8 Å². The Labute approximate surface area is 122 Å². The summed E-state index contributed by atoms with van der Waals surface area (Å²) in [7, 11) is -1.48. The molecule has 0 radical (unpaired) electrons. The van der Waals surface area contributed by atoms with E-state index in [1.807, 2.05) is 20.8 Å². The summed E-state index contributed by atoms with van der Waals surface area (Å²) in [6.45, 7) is 12.3. The first-order chi connectivity index (χ1) is 9.04. The minimum Gasteiger partial charge on any atom is -0.481 e. The zero-order valence-corrected chi connectivity index (χ0v) is 14.1. The summed E-state index contributed by atoms with van der Waals surface area (Å²) in [5.74, 6) is 2.40. The van der Waals surface area contributed by atoms with E-state index in [2.05, 4.69) is 31.1 Å². The molecule has 0 aromatic heterocycles. The minimum atomic E-state index is -1.48. The first-order valence-corrected chi connectivity index (χ1v) is 10.2. The monoisotopic (exact) mass is 289 g/mol. The van der Waals surface area contributed by atoms with Gasteiger partial charge in [0.05, 0.1) is 6.42 Å². The topological polar surface area (TPSA) is 63.3 Å². The number of benzene rings is 1. The first kappa shape index (κ1) is 16.3. The summed E-state index contributed by atoms with van der Waals surface area (Å²) in [5.41, 5.74) is 14.6. The second-order valence-electron chi connectivity index (χ2n) is 6.21. The third-order valence-electron chi connectivity index (χ3n) is 3.35. The zero-order chi connectivity index (χ0) is 15.7. The molecule has 0 spiro atoms. The fourth-order valence-electron chi connectivity index (χ4n) is 2.15. The Kier molecular flexibility index (Phi) is 4.67. The summed E-state index contributed by atoms with van der Waals surface area (Å²) in [6, 6.07) is 0. The molecule has 1 aromatic carbocycles. The van der Waals surface area contributed by atoms with Crippen molar-refractivity contribution in [3.63, 3.8) is 0 Å². The molecule has 1 rings (SSSR count). The number of rotatable bonds is 2. The number of nitrogen functional groups attached to an aromatic ring is 1. The van der Waals surface area contributed by atoms with Gasteiger partial charge in [0, 0.05) is 11.3 Å².